The number of H-pyrrole nitrogens is 2. The van der Waals surface area contributed by atoms with Crippen LogP contribution >= 0.6 is 59.9 Å². The number of pyridine rings is 2. The van der Waals surface area contributed by atoms with E-state index in [1.807, 2.05) is 37.5 Å². The van der Waals surface area contributed by atoms with Crippen molar-refractivity contribution in [1.82, 2.24) is 19.9 Å². The summed E-state index contributed by atoms with van der Waals surface area (Å²) in [5.74, 6) is 0.0978. The second kappa shape index (κ2) is 13.1. The van der Waals surface area contributed by atoms with Gasteiger partial charge in [0.05, 0.1) is 0 Å². The third kappa shape index (κ3) is 8.21. The maximum absolute atomic E-state index is 11.1. The molecule has 0 spiro atoms. The van der Waals surface area contributed by atoms with E-state index in [-0.39, 0.29) is 23.9 Å². The van der Waals surface area contributed by atoms with Crippen molar-refractivity contribution in [3.8, 4) is 0 Å². The van der Waals surface area contributed by atoms with E-state index in [1.54, 1.807) is 19.3 Å². The monoisotopic (exact) mass is 782 g/mol. The summed E-state index contributed by atoms with van der Waals surface area (Å²) in [6.45, 7) is 5.07. The summed E-state index contributed by atoms with van der Waals surface area (Å²) in [5.41, 5.74) is 4.09. The summed E-state index contributed by atoms with van der Waals surface area (Å²) in [4.78, 5) is 36.0. The molecule has 10 heteroatoms. The summed E-state index contributed by atoms with van der Waals surface area (Å²) in [5, 5.41) is 2.00. The Hall–Kier alpha value is -0.506. The van der Waals surface area contributed by atoms with Crippen LogP contribution in [-0.2, 0) is 4.92 Å². The Balaban J connectivity index is 0.000000249. The van der Waals surface area contributed by atoms with Gasteiger partial charge in [-0.05, 0) is 44.5 Å². The number of hydrogen-bond donors (Lipinski definition) is 2. The molecular formula is C20H22I3N4O2V. The first-order chi connectivity index (χ1) is 13.7. The fourth-order valence-corrected chi connectivity index (χ4v) is 2.46. The Bertz CT molecular complexity index is 1140. The van der Waals surface area contributed by atoms with Crippen molar-refractivity contribution < 1.29 is 14.5 Å². The molecule has 0 aromatic carbocycles. The average molecular weight is 782 g/mol. The number of nitrogens with zero attached hydrogens (tertiary/aromatic N) is 2. The number of carbonyl (C=O) groups excluding carboxylic acids is 2. The summed E-state index contributed by atoms with van der Waals surface area (Å²) in [6, 6.07) is 5.60. The summed E-state index contributed by atoms with van der Waals surface area (Å²) >= 11 is 7.39. The molecule has 0 unspecified atom stereocenters. The van der Waals surface area contributed by atoms with E-state index in [4.69, 9.17) is 0 Å². The molecule has 4 aromatic heterocycles. The molecule has 4 rings (SSSR count). The van der Waals surface area contributed by atoms with Gasteiger partial charge in [-0.1, -0.05) is 7.43 Å². The Morgan fingerprint density at radius 1 is 0.933 bits per heavy atom. The molecule has 0 amide bonds. The fourth-order valence-electron chi connectivity index (χ4n) is 2.46. The van der Waals surface area contributed by atoms with Crippen LogP contribution in [0.5, 0.6) is 0 Å². The molecule has 30 heavy (non-hydrogen) atoms. The van der Waals surface area contributed by atoms with Gasteiger partial charge in [-0.25, -0.2) is 9.97 Å². The van der Waals surface area contributed by atoms with Gasteiger partial charge in [0.2, 0.25) is 0 Å². The summed E-state index contributed by atoms with van der Waals surface area (Å²) < 4.78 is 0. The topological polar surface area (TPSA) is 91.5 Å². The molecular weight excluding hydrogens is 760 g/mol. The van der Waals surface area contributed by atoms with E-state index in [2.05, 4.69) is 79.9 Å². The first-order valence-corrected chi connectivity index (χ1v) is 21.9. The first-order valence-electron chi connectivity index (χ1n) is 8.35. The minimum absolute atomic E-state index is 0. The Morgan fingerprint density at radius 2 is 1.47 bits per heavy atom. The van der Waals surface area contributed by atoms with Crippen molar-refractivity contribution in [3.63, 3.8) is 0 Å². The van der Waals surface area contributed by atoms with E-state index >= 15 is 0 Å². The summed E-state index contributed by atoms with van der Waals surface area (Å²) in [6.07, 6.45) is 6.88. The number of aromatic nitrogens is 4. The summed E-state index contributed by atoms with van der Waals surface area (Å²) in [7, 11) is 0. The molecule has 0 aliphatic rings. The van der Waals surface area contributed by atoms with Crippen LogP contribution in [0, 0.1) is 6.92 Å². The van der Waals surface area contributed by atoms with Gasteiger partial charge >= 0.3 is 64.9 Å². The van der Waals surface area contributed by atoms with Crippen molar-refractivity contribution in [2.75, 3.05) is 0 Å². The Morgan fingerprint density at radius 3 is 2.03 bits per heavy atom. The zero-order valence-electron chi connectivity index (χ0n) is 15.8. The normalized spacial score (nSPS) is 9.97. The third-order valence-electron chi connectivity index (χ3n) is 3.95. The SMILES string of the molecule is C.CC(=O)c1cnc2[nH]cc(C)c2c1.CC(=O)c1cnc2[nH]ccc2c1.[I][V]([I])[I]. The van der Waals surface area contributed by atoms with Gasteiger partial charge in [0.25, 0.3) is 0 Å². The Kier molecular flexibility index (Phi) is 12.1. The van der Waals surface area contributed by atoms with Gasteiger partial charge in [-0.15, -0.1) is 0 Å². The number of nitrogens with one attached hydrogen (secondary N) is 2. The average Bonchev–Trinajstić information content (AvgIpc) is 3.27. The quantitative estimate of drug-likeness (QED) is 0.167. The molecule has 6 nitrogen and oxygen atoms in total. The molecule has 0 aliphatic heterocycles. The first kappa shape index (κ1) is 27.5. The van der Waals surface area contributed by atoms with E-state index in [0.29, 0.717) is 11.1 Å². The molecule has 0 fully saturated rings. The molecule has 0 aliphatic carbocycles. The van der Waals surface area contributed by atoms with Crippen molar-refractivity contribution in [1.29, 1.82) is 0 Å². The van der Waals surface area contributed by atoms with Crippen LogP contribution in [0.25, 0.3) is 22.1 Å². The molecule has 4 aromatic rings. The van der Waals surface area contributed by atoms with E-state index in [0.717, 1.165) is 27.6 Å². The number of hydrogen-bond acceptors (Lipinski definition) is 4. The van der Waals surface area contributed by atoms with E-state index in [1.165, 1.54) is 6.92 Å². The molecule has 0 atom stereocenters. The van der Waals surface area contributed by atoms with Crippen molar-refractivity contribution in [3.05, 3.63) is 59.7 Å². The predicted octanol–water partition coefficient (Wildman–Crippen LogP) is 7.13. The van der Waals surface area contributed by atoms with Gasteiger partial charge in [0.1, 0.15) is 11.3 Å². The van der Waals surface area contributed by atoms with Gasteiger partial charge in [0, 0.05) is 46.7 Å². The molecule has 4 heterocycles. The van der Waals surface area contributed by atoms with Gasteiger partial charge in [0.15, 0.2) is 11.6 Å². The van der Waals surface area contributed by atoms with Crippen molar-refractivity contribution >= 4 is 93.6 Å². The number of fused-ring (bicyclic) bond motifs is 2. The van der Waals surface area contributed by atoms with Gasteiger partial charge in [-0.3, -0.25) is 9.59 Å². The number of halogens is 3. The van der Waals surface area contributed by atoms with Gasteiger partial charge in [-0.2, -0.15) is 0 Å². The van der Waals surface area contributed by atoms with E-state index < -0.39 is 0 Å². The zero-order chi connectivity index (χ0) is 21.6. The van der Waals surface area contributed by atoms with Crippen LogP contribution in [0.4, 0.5) is 0 Å². The maximum atomic E-state index is 11.1. The third-order valence-corrected chi connectivity index (χ3v) is 3.95. The predicted molar refractivity (Wildman–Crippen MR) is 146 cm³/mol. The molecule has 2 N–H and O–H groups in total. The number of ketones is 2. The minimum atomic E-state index is -0.278. The van der Waals surface area contributed by atoms with Crippen LogP contribution in [-0.4, -0.2) is 31.5 Å². The molecule has 0 saturated carbocycles. The van der Waals surface area contributed by atoms with E-state index in [9.17, 15) is 9.59 Å². The van der Waals surface area contributed by atoms with Crippen LogP contribution in [0.3, 0.4) is 0 Å². The zero-order valence-corrected chi connectivity index (χ0v) is 23.7. The number of aryl methyl sites for hydroxylation is 1. The van der Waals surface area contributed by atoms with Crippen LogP contribution in [0.2, 0.25) is 0 Å². The standard InChI is InChI=1S/C10H10N2O.C9H8N2O.CH4.3HI.V/c1-6-4-11-10-9(6)3-8(5-12-10)7(2)13;1-6(12)8-4-7-2-3-10-9(7)11-5-8;;;;;/h3-5H,1-2H3,(H,11,12);2-5H,1H3,(H,10,11);1H4;3*1H;/q;;;;;;+3/p-3. The fraction of sp³-hybridized carbons (Fsp3) is 0.200. The molecule has 0 bridgehead atoms. The molecule has 0 radical (unpaired) electrons. The number of Topliss-reactive ketones (excluding diaryl/α,β-unsaturated/α-hetero) is 2. The van der Waals surface area contributed by atoms with Crippen LogP contribution in [0.15, 0.2) is 43.0 Å². The van der Waals surface area contributed by atoms with Crippen LogP contribution in [0.1, 0.15) is 47.6 Å². The van der Waals surface area contributed by atoms with Crippen molar-refractivity contribution in [2.45, 2.75) is 28.2 Å². The number of aromatic amines is 2. The molecule has 0 saturated heterocycles. The molecule has 160 valence electrons. The van der Waals surface area contributed by atoms with Crippen molar-refractivity contribution in [2.24, 2.45) is 0 Å². The second-order valence-corrected chi connectivity index (χ2v) is 41.4. The number of rotatable bonds is 2. The van der Waals surface area contributed by atoms with Gasteiger partial charge < -0.3 is 9.97 Å². The Labute approximate surface area is 213 Å². The van der Waals surface area contributed by atoms with Crippen LogP contribution < -0.4 is 0 Å². The number of carbonyl (C=O) groups is 2. The second-order valence-electron chi connectivity index (χ2n) is 6.04.